The number of thioether (sulfide) groups is 1. The lowest BCUT2D eigenvalue weighted by Crippen LogP contribution is -2.45. The van der Waals surface area contributed by atoms with Gasteiger partial charge in [0.25, 0.3) is 0 Å². The summed E-state index contributed by atoms with van der Waals surface area (Å²) in [5.41, 5.74) is 3.09. The Morgan fingerprint density at radius 3 is 3.00 bits per heavy atom. The van der Waals surface area contributed by atoms with E-state index in [1.165, 1.54) is 0 Å². The number of aryl methyl sites for hydroxylation is 1. The number of nitrogens with zero attached hydrogens (tertiary/aromatic N) is 2. The Kier molecular flexibility index (Phi) is 3.94. The minimum Gasteiger partial charge on any atom is -0.392 e. The van der Waals surface area contributed by atoms with E-state index in [-0.39, 0.29) is 6.61 Å². The van der Waals surface area contributed by atoms with E-state index >= 15 is 0 Å². The summed E-state index contributed by atoms with van der Waals surface area (Å²) in [6.07, 6.45) is 1.80. The predicted molar refractivity (Wildman–Crippen MR) is 73.6 cm³/mol. The van der Waals surface area contributed by atoms with Crippen molar-refractivity contribution in [1.29, 1.82) is 0 Å². The first kappa shape index (κ1) is 12.7. The third-order valence-corrected chi connectivity index (χ3v) is 4.80. The van der Waals surface area contributed by atoms with Crippen LogP contribution in [-0.2, 0) is 6.61 Å². The van der Waals surface area contributed by atoms with Gasteiger partial charge in [-0.25, -0.2) is 0 Å². The van der Waals surface area contributed by atoms with Crippen LogP contribution in [0.3, 0.4) is 0 Å². The molecule has 2 heterocycles. The Bertz CT molecular complexity index is 397. The predicted octanol–water partition coefficient (Wildman–Crippen LogP) is 2.21. The van der Waals surface area contributed by atoms with Crippen molar-refractivity contribution < 1.29 is 5.11 Å². The Balaban J connectivity index is 2.34. The SMILES string of the molecule is Cc1cc(N2CCSC(C)C2C)c(CO)cn1. The lowest BCUT2D eigenvalue weighted by Gasteiger charge is -2.40. The van der Waals surface area contributed by atoms with Crippen LogP contribution in [0.4, 0.5) is 5.69 Å². The number of rotatable bonds is 2. The van der Waals surface area contributed by atoms with E-state index in [0.717, 1.165) is 29.2 Å². The maximum absolute atomic E-state index is 9.42. The molecule has 1 aromatic rings. The monoisotopic (exact) mass is 252 g/mol. The fraction of sp³-hybridized carbons (Fsp3) is 0.615. The van der Waals surface area contributed by atoms with Gasteiger partial charge in [0.1, 0.15) is 0 Å². The molecule has 2 unspecified atom stereocenters. The fourth-order valence-electron chi connectivity index (χ4n) is 2.24. The lowest BCUT2D eigenvalue weighted by molar-refractivity contribution is 0.281. The Hall–Kier alpha value is -0.740. The molecule has 0 aromatic carbocycles. The van der Waals surface area contributed by atoms with Gasteiger partial charge in [0.2, 0.25) is 0 Å². The molecule has 2 rings (SSSR count). The Morgan fingerprint density at radius 1 is 1.53 bits per heavy atom. The van der Waals surface area contributed by atoms with Gasteiger partial charge < -0.3 is 10.0 Å². The molecular weight excluding hydrogens is 232 g/mol. The number of hydrogen-bond acceptors (Lipinski definition) is 4. The largest absolute Gasteiger partial charge is 0.392 e. The van der Waals surface area contributed by atoms with Crippen LogP contribution < -0.4 is 4.90 Å². The van der Waals surface area contributed by atoms with Crippen LogP contribution in [-0.4, -0.2) is 33.7 Å². The molecule has 0 amide bonds. The van der Waals surface area contributed by atoms with Gasteiger partial charge in [0.15, 0.2) is 0 Å². The van der Waals surface area contributed by atoms with E-state index in [4.69, 9.17) is 0 Å². The van der Waals surface area contributed by atoms with Crippen LogP contribution >= 0.6 is 11.8 Å². The second-order valence-electron chi connectivity index (χ2n) is 4.62. The third kappa shape index (κ3) is 2.58. The molecule has 0 spiro atoms. The molecular formula is C13H20N2OS. The van der Waals surface area contributed by atoms with Gasteiger partial charge in [-0.15, -0.1) is 0 Å². The van der Waals surface area contributed by atoms with Gasteiger partial charge >= 0.3 is 0 Å². The van der Waals surface area contributed by atoms with Crippen molar-refractivity contribution in [2.75, 3.05) is 17.2 Å². The molecule has 4 heteroatoms. The topological polar surface area (TPSA) is 36.4 Å². The zero-order valence-corrected chi connectivity index (χ0v) is 11.5. The summed E-state index contributed by atoms with van der Waals surface area (Å²) in [6, 6.07) is 2.59. The molecule has 0 bridgehead atoms. The summed E-state index contributed by atoms with van der Waals surface area (Å²) >= 11 is 2.02. The Morgan fingerprint density at radius 2 is 2.29 bits per heavy atom. The van der Waals surface area contributed by atoms with Crippen LogP contribution in [0.2, 0.25) is 0 Å². The standard InChI is InChI=1S/C13H20N2OS/c1-9-6-13(12(8-16)7-14-9)15-4-5-17-11(3)10(15)2/h6-7,10-11,16H,4-5,8H2,1-3H3. The van der Waals surface area contributed by atoms with Gasteiger partial charge in [0, 0.05) is 46.7 Å². The summed E-state index contributed by atoms with van der Waals surface area (Å²) < 4.78 is 0. The van der Waals surface area contributed by atoms with Gasteiger partial charge in [-0.2, -0.15) is 11.8 Å². The van der Waals surface area contributed by atoms with Gasteiger partial charge in [-0.1, -0.05) is 6.92 Å². The molecule has 0 saturated carbocycles. The molecule has 1 saturated heterocycles. The molecule has 1 aliphatic heterocycles. The van der Waals surface area contributed by atoms with E-state index in [9.17, 15) is 5.11 Å². The van der Waals surface area contributed by atoms with E-state index in [1.54, 1.807) is 6.20 Å². The quantitative estimate of drug-likeness (QED) is 0.875. The normalized spacial score (nSPS) is 25.1. The van der Waals surface area contributed by atoms with Crippen LogP contribution in [0, 0.1) is 6.92 Å². The molecule has 2 atom stereocenters. The second-order valence-corrected chi connectivity index (χ2v) is 6.11. The van der Waals surface area contributed by atoms with Crippen molar-refractivity contribution >= 4 is 17.4 Å². The highest BCUT2D eigenvalue weighted by molar-refractivity contribution is 8.00. The van der Waals surface area contributed by atoms with Crippen LogP contribution in [0.1, 0.15) is 25.1 Å². The van der Waals surface area contributed by atoms with Crippen molar-refractivity contribution in [2.45, 2.75) is 38.7 Å². The number of aliphatic hydroxyl groups is 1. The fourth-order valence-corrected chi connectivity index (χ4v) is 3.34. The minimum absolute atomic E-state index is 0.0629. The van der Waals surface area contributed by atoms with Crippen LogP contribution in [0.5, 0.6) is 0 Å². The minimum atomic E-state index is 0.0629. The first-order chi connectivity index (χ1) is 8.13. The van der Waals surface area contributed by atoms with Crippen LogP contribution in [0.15, 0.2) is 12.3 Å². The zero-order valence-electron chi connectivity index (χ0n) is 10.7. The average molecular weight is 252 g/mol. The van der Waals surface area contributed by atoms with E-state index in [2.05, 4.69) is 29.8 Å². The summed E-state index contributed by atoms with van der Waals surface area (Å²) in [4.78, 5) is 6.66. The van der Waals surface area contributed by atoms with E-state index < -0.39 is 0 Å². The Labute approximate surface area is 107 Å². The highest BCUT2D eigenvalue weighted by atomic mass is 32.2. The first-order valence-electron chi connectivity index (χ1n) is 6.08. The average Bonchev–Trinajstić information content (AvgIpc) is 2.33. The first-order valence-corrected chi connectivity index (χ1v) is 7.13. The molecule has 1 aromatic heterocycles. The molecule has 94 valence electrons. The highest BCUT2D eigenvalue weighted by Crippen LogP contribution is 2.31. The maximum Gasteiger partial charge on any atom is 0.0717 e. The summed E-state index contributed by atoms with van der Waals surface area (Å²) in [5, 5.41) is 10.0. The second kappa shape index (κ2) is 5.27. The zero-order chi connectivity index (χ0) is 12.4. The number of anilines is 1. The smallest absolute Gasteiger partial charge is 0.0717 e. The highest BCUT2D eigenvalue weighted by Gasteiger charge is 2.26. The van der Waals surface area contributed by atoms with Crippen molar-refractivity contribution in [3.63, 3.8) is 0 Å². The van der Waals surface area contributed by atoms with E-state index in [0.29, 0.717) is 11.3 Å². The molecule has 17 heavy (non-hydrogen) atoms. The molecule has 1 N–H and O–H groups in total. The third-order valence-electron chi connectivity index (χ3n) is 3.46. The lowest BCUT2D eigenvalue weighted by atomic mass is 10.1. The molecule has 3 nitrogen and oxygen atoms in total. The molecule has 0 aliphatic carbocycles. The molecule has 1 aliphatic rings. The molecule has 1 fully saturated rings. The molecule has 0 radical (unpaired) electrons. The number of aliphatic hydroxyl groups excluding tert-OH is 1. The summed E-state index contributed by atoms with van der Waals surface area (Å²) in [7, 11) is 0. The van der Waals surface area contributed by atoms with Gasteiger partial charge in [0.05, 0.1) is 6.61 Å². The van der Waals surface area contributed by atoms with Crippen molar-refractivity contribution in [1.82, 2.24) is 4.98 Å². The van der Waals surface area contributed by atoms with E-state index in [1.807, 2.05) is 18.7 Å². The van der Waals surface area contributed by atoms with Crippen molar-refractivity contribution in [2.24, 2.45) is 0 Å². The van der Waals surface area contributed by atoms with Crippen molar-refractivity contribution in [3.05, 3.63) is 23.5 Å². The number of hydrogen-bond donors (Lipinski definition) is 1. The van der Waals surface area contributed by atoms with Crippen molar-refractivity contribution in [3.8, 4) is 0 Å². The summed E-state index contributed by atoms with van der Waals surface area (Å²) in [5.74, 6) is 1.15. The maximum atomic E-state index is 9.42. The van der Waals surface area contributed by atoms with Gasteiger partial charge in [-0.05, 0) is 19.9 Å². The van der Waals surface area contributed by atoms with Gasteiger partial charge in [-0.3, -0.25) is 4.98 Å². The summed E-state index contributed by atoms with van der Waals surface area (Å²) in [6.45, 7) is 7.64. The number of aromatic nitrogens is 1. The number of pyridine rings is 1. The van der Waals surface area contributed by atoms with Crippen LogP contribution in [0.25, 0.3) is 0 Å².